The SMILES string of the molecule is CN(CC1CCCN1c1cccnn1)c1cc2ccccc2c(Cl)n1. The molecular formula is C19H20ClN5. The second kappa shape index (κ2) is 6.84. The lowest BCUT2D eigenvalue weighted by atomic mass is 10.1. The van der Waals surface area contributed by atoms with Crippen molar-refractivity contribution < 1.29 is 0 Å². The Kier molecular flexibility index (Phi) is 4.40. The fourth-order valence-electron chi connectivity index (χ4n) is 3.52. The van der Waals surface area contributed by atoms with Crippen LogP contribution in [0.2, 0.25) is 5.15 Å². The minimum atomic E-state index is 0.397. The van der Waals surface area contributed by atoms with Gasteiger partial charge in [0.25, 0.3) is 0 Å². The van der Waals surface area contributed by atoms with Gasteiger partial charge in [0.05, 0.1) is 0 Å². The van der Waals surface area contributed by atoms with Crippen molar-refractivity contribution in [3.05, 3.63) is 53.8 Å². The average Bonchev–Trinajstić information content (AvgIpc) is 3.10. The fraction of sp³-hybridized carbons (Fsp3) is 0.316. The van der Waals surface area contributed by atoms with E-state index in [0.717, 1.165) is 41.9 Å². The average molecular weight is 354 g/mol. The first kappa shape index (κ1) is 16.1. The van der Waals surface area contributed by atoms with Gasteiger partial charge in [-0.05, 0) is 36.4 Å². The summed E-state index contributed by atoms with van der Waals surface area (Å²) in [6, 6.07) is 14.5. The Balaban J connectivity index is 1.56. The summed E-state index contributed by atoms with van der Waals surface area (Å²) < 4.78 is 0. The van der Waals surface area contributed by atoms with Crippen LogP contribution in [0.5, 0.6) is 0 Å². The summed E-state index contributed by atoms with van der Waals surface area (Å²) in [6.07, 6.45) is 4.02. The van der Waals surface area contributed by atoms with Gasteiger partial charge in [0.15, 0.2) is 5.82 Å². The van der Waals surface area contributed by atoms with Gasteiger partial charge in [0.1, 0.15) is 11.0 Å². The monoisotopic (exact) mass is 353 g/mol. The molecule has 128 valence electrons. The molecule has 1 aliphatic heterocycles. The van der Waals surface area contributed by atoms with E-state index in [4.69, 9.17) is 11.6 Å². The molecule has 2 aromatic heterocycles. The third-order valence-electron chi connectivity index (χ3n) is 4.79. The van der Waals surface area contributed by atoms with Crippen LogP contribution < -0.4 is 9.80 Å². The highest BCUT2D eigenvalue weighted by molar-refractivity contribution is 6.34. The molecule has 6 heteroatoms. The Morgan fingerprint density at radius 2 is 2.12 bits per heavy atom. The van der Waals surface area contributed by atoms with Gasteiger partial charge >= 0.3 is 0 Å². The second-order valence-corrected chi connectivity index (χ2v) is 6.80. The fourth-order valence-corrected chi connectivity index (χ4v) is 3.78. The van der Waals surface area contributed by atoms with E-state index in [9.17, 15) is 0 Å². The van der Waals surface area contributed by atoms with Gasteiger partial charge in [0.2, 0.25) is 0 Å². The summed E-state index contributed by atoms with van der Waals surface area (Å²) in [7, 11) is 2.07. The van der Waals surface area contributed by atoms with Crippen molar-refractivity contribution in [2.75, 3.05) is 29.9 Å². The molecule has 1 saturated heterocycles. The number of rotatable bonds is 4. The van der Waals surface area contributed by atoms with Crippen LogP contribution in [0, 0.1) is 0 Å². The molecule has 1 fully saturated rings. The number of nitrogens with zero attached hydrogens (tertiary/aromatic N) is 5. The molecule has 0 radical (unpaired) electrons. The van der Waals surface area contributed by atoms with Crippen molar-refractivity contribution in [1.29, 1.82) is 0 Å². The minimum Gasteiger partial charge on any atom is -0.358 e. The van der Waals surface area contributed by atoms with Gasteiger partial charge in [-0.3, -0.25) is 0 Å². The second-order valence-electron chi connectivity index (χ2n) is 6.44. The van der Waals surface area contributed by atoms with E-state index in [1.165, 1.54) is 6.42 Å². The number of halogens is 1. The maximum Gasteiger partial charge on any atom is 0.151 e. The van der Waals surface area contributed by atoms with Crippen molar-refractivity contribution in [2.24, 2.45) is 0 Å². The van der Waals surface area contributed by atoms with Crippen molar-refractivity contribution in [1.82, 2.24) is 15.2 Å². The Morgan fingerprint density at radius 1 is 1.24 bits per heavy atom. The normalized spacial score (nSPS) is 17.2. The van der Waals surface area contributed by atoms with E-state index in [1.807, 2.05) is 30.3 Å². The van der Waals surface area contributed by atoms with Gasteiger partial charge in [-0.1, -0.05) is 35.9 Å². The summed E-state index contributed by atoms with van der Waals surface area (Å²) in [6.45, 7) is 1.89. The molecule has 0 aliphatic carbocycles. The molecule has 0 amide bonds. The first-order valence-electron chi connectivity index (χ1n) is 8.53. The summed E-state index contributed by atoms with van der Waals surface area (Å²) in [5.41, 5.74) is 0. The quantitative estimate of drug-likeness (QED) is 0.668. The van der Waals surface area contributed by atoms with Crippen LogP contribution in [0.1, 0.15) is 12.8 Å². The van der Waals surface area contributed by atoms with E-state index >= 15 is 0 Å². The third-order valence-corrected chi connectivity index (χ3v) is 5.07. The number of fused-ring (bicyclic) bond motifs is 1. The zero-order chi connectivity index (χ0) is 17.2. The van der Waals surface area contributed by atoms with Crippen LogP contribution in [-0.2, 0) is 0 Å². The highest BCUT2D eigenvalue weighted by Gasteiger charge is 2.27. The predicted octanol–water partition coefficient (Wildman–Crippen LogP) is 3.78. The Bertz CT molecular complexity index is 870. The number of anilines is 2. The summed E-state index contributed by atoms with van der Waals surface area (Å²) in [5, 5.41) is 10.9. The van der Waals surface area contributed by atoms with Gasteiger partial charge in [-0.15, -0.1) is 5.10 Å². The molecule has 0 spiro atoms. The van der Waals surface area contributed by atoms with Crippen molar-refractivity contribution in [2.45, 2.75) is 18.9 Å². The molecule has 1 atom stereocenters. The van der Waals surface area contributed by atoms with E-state index in [-0.39, 0.29) is 0 Å². The van der Waals surface area contributed by atoms with Crippen LogP contribution in [-0.4, -0.2) is 41.4 Å². The molecule has 0 bridgehead atoms. The number of likely N-dealkylation sites (N-methyl/N-ethyl adjacent to an activating group) is 1. The molecule has 3 heterocycles. The first-order valence-corrected chi connectivity index (χ1v) is 8.91. The highest BCUT2D eigenvalue weighted by atomic mass is 35.5. The Morgan fingerprint density at radius 3 is 2.96 bits per heavy atom. The number of pyridine rings is 1. The summed E-state index contributed by atoms with van der Waals surface area (Å²) >= 11 is 6.38. The van der Waals surface area contributed by atoms with Crippen LogP contribution in [0.4, 0.5) is 11.6 Å². The van der Waals surface area contributed by atoms with Crippen molar-refractivity contribution in [3.63, 3.8) is 0 Å². The van der Waals surface area contributed by atoms with E-state index in [0.29, 0.717) is 11.2 Å². The summed E-state index contributed by atoms with van der Waals surface area (Å²) in [5.74, 6) is 1.84. The highest BCUT2D eigenvalue weighted by Crippen LogP contribution is 2.28. The molecule has 5 nitrogen and oxygen atoms in total. The van der Waals surface area contributed by atoms with Crippen LogP contribution >= 0.6 is 11.6 Å². The number of hydrogen-bond donors (Lipinski definition) is 0. The number of hydrogen-bond acceptors (Lipinski definition) is 5. The molecule has 0 N–H and O–H groups in total. The van der Waals surface area contributed by atoms with Gasteiger partial charge in [-0.25, -0.2) is 4.98 Å². The third kappa shape index (κ3) is 3.24. The van der Waals surface area contributed by atoms with E-state index in [2.05, 4.69) is 44.2 Å². The van der Waals surface area contributed by atoms with Gasteiger partial charge < -0.3 is 9.80 Å². The van der Waals surface area contributed by atoms with Crippen molar-refractivity contribution in [3.8, 4) is 0 Å². The largest absolute Gasteiger partial charge is 0.358 e. The van der Waals surface area contributed by atoms with Crippen LogP contribution in [0.15, 0.2) is 48.7 Å². The zero-order valence-electron chi connectivity index (χ0n) is 14.1. The number of aromatic nitrogens is 3. The van der Waals surface area contributed by atoms with Crippen LogP contribution in [0.25, 0.3) is 10.8 Å². The smallest absolute Gasteiger partial charge is 0.151 e. The molecule has 25 heavy (non-hydrogen) atoms. The Hall–Kier alpha value is -2.40. The standard InChI is InChI=1S/C19H20ClN5/c1-24(18-12-14-6-2-3-8-16(14)19(20)22-18)13-15-7-5-11-25(15)17-9-4-10-21-23-17/h2-4,6,8-10,12,15H,5,7,11,13H2,1H3. The molecule has 3 aromatic rings. The lowest BCUT2D eigenvalue weighted by Crippen LogP contribution is -2.39. The molecular weight excluding hydrogens is 334 g/mol. The topological polar surface area (TPSA) is 45.2 Å². The molecule has 1 aromatic carbocycles. The zero-order valence-corrected chi connectivity index (χ0v) is 14.9. The predicted molar refractivity (Wildman–Crippen MR) is 102 cm³/mol. The summed E-state index contributed by atoms with van der Waals surface area (Å²) in [4.78, 5) is 9.10. The lowest BCUT2D eigenvalue weighted by Gasteiger charge is -2.30. The first-order chi connectivity index (χ1) is 12.2. The van der Waals surface area contributed by atoms with Gasteiger partial charge in [-0.2, -0.15) is 5.10 Å². The molecule has 4 rings (SSSR count). The molecule has 1 aliphatic rings. The van der Waals surface area contributed by atoms with Crippen LogP contribution in [0.3, 0.4) is 0 Å². The van der Waals surface area contributed by atoms with Gasteiger partial charge in [0, 0.05) is 37.8 Å². The maximum atomic E-state index is 6.38. The lowest BCUT2D eigenvalue weighted by molar-refractivity contribution is 0.643. The van der Waals surface area contributed by atoms with E-state index in [1.54, 1.807) is 6.20 Å². The molecule has 0 saturated carbocycles. The maximum absolute atomic E-state index is 6.38. The Labute approximate surface area is 152 Å². The minimum absolute atomic E-state index is 0.397. The molecule has 1 unspecified atom stereocenters. The van der Waals surface area contributed by atoms with Crippen molar-refractivity contribution >= 4 is 34.0 Å². The number of benzene rings is 1. The van der Waals surface area contributed by atoms with E-state index < -0.39 is 0 Å².